The summed E-state index contributed by atoms with van der Waals surface area (Å²) in [4.78, 5) is 12.1. The molecule has 0 radical (unpaired) electrons. The van der Waals surface area contributed by atoms with Gasteiger partial charge in [0.25, 0.3) is 0 Å². The topological polar surface area (TPSA) is 26.3 Å². The first-order valence-electron chi connectivity index (χ1n) is 6.56. The Balaban J connectivity index is 1.94. The lowest BCUT2D eigenvalue weighted by Crippen LogP contribution is -2.02. The molecule has 0 amide bonds. The van der Waals surface area contributed by atoms with Crippen molar-refractivity contribution >= 4 is 17.1 Å². The minimum Gasteiger partial charge on any atom is -0.494 e. The highest BCUT2D eigenvalue weighted by molar-refractivity contribution is 7.07. The molecule has 3 heteroatoms. The maximum absolute atomic E-state index is 12.1. The van der Waals surface area contributed by atoms with Crippen LogP contribution in [-0.4, -0.2) is 12.4 Å². The molecule has 2 aromatic rings. The number of ketones is 1. The third-order valence-corrected chi connectivity index (χ3v) is 3.58. The largest absolute Gasteiger partial charge is 0.494 e. The molecule has 1 aromatic heterocycles. The van der Waals surface area contributed by atoms with Crippen LogP contribution >= 0.6 is 11.3 Å². The number of Topliss-reactive ketones (excluding diaryl/α,β-unsaturated/α-hetero) is 1. The van der Waals surface area contributed by atoms with E-state index < -0.39 is 0 Å². The monoisotopic (exact) mass is 274 g/mol. The molecule has 0 aliphatic rings. The lowest BCUT2D eigenvalue weighted by Gasteiger charge is -2.06. The average Bonchev–Trinajstić information content (AvgIpc) is 2.96. The SMILES string of the molecule is CCCOc1cccc(C(=O)CCc2ccsc2)c1. The van der Waals surface area contributed by atoms with E-state index in [4.69, 9.17) is 4.74 Å². The van der Waals surface area contributed by atoms with Crippen LogP contribution in [0.1, 0.15) is 35.7 Å². The van der Waals surface area contributed by atoms with Crippen LogP contribution in [0, 0.1) is 0 Å². The van der Waals surface area contributed by atoms with Gasteiger partial charge in [0.2, 0.25) is 0 Å². The number of thiophene rings is 1. The molecule has 0 atom stereocenters. The molecular weight excluding hydrogens is 256 g/mol. The molecule has 0 saturated carbocycles. The van der Waals surface area contributed by atoms with Crippen LogP contribution in [-0.2, 0) is 6.42 Å². The van der Waals surface area contributed by atoms with Crippen molar-refractivity contribution in [2.24, 2.45) is 0 Å². The quantitative estimate of drug-likeness (QED) is 0.701. The van der Waals surface area contributed by atoms with E-state index in [0.717, 1.165) is 24.2 Å². The maximum atomic E-state index is 12.1. The Hall–Kier alpha value is -1.61. The van der Waals surface area contributed by atoms with Crippen molar-refractivity contribution < 1.29 is 9.53 Å². The van der Waals surface area contributed by atoms with Crippen molar-refractivity contribution in [1.29, 1.82) is 0 Å². The fourth-order valence-electron chi connectivity index (χ4n) is 1.82. The Morgan fingerprint density at radius 3 is 2.95 bits per heavy atom. The molecule has 0 N–H and O–H groups in total. The Bertz CT molecular complexity index is 517. The molecule has 1 aromatic carbocycles. The highest BCUT2D eigenvalue weighted by atomic mass is 32.1. The Morgan fingerprint density at radius 1 is 1.32 bits per heavy atom. The van der Waals surface area contributed by atoms with Crippen molar-refractivity contribution in [1.82, 2.24) is 0 Å². The second kappa shape index (κ2) is 7.10. The van der Waals surface area contributed by atoms with Gasteiger partial charge in [-0.25, -0.2) is 0 Å². The van der Waals surface area contributed by atoms with Crippen LogP contribution in [0.25, 0.3) is 0 Å². The van der Waals surface area contributed by atoms with Crippen molar-refractivity contribution in [2.45, 2.75) is 26.2 Å². The Labute approximate surface area is 118 Å². The van der Waals surface area contributed by atoms with Crippen LogP contribution in [0.3, 0.4) is 0 Å². The highest BCUT2D eigenvalue weighted by Gasteiger charge is 2.07. The van der Waals surface area contributed by atoms with E-state index in [1.54, 1.807) is 11.3 Å². The second-order valence-electron chi connectivity index (χ2n) is 4.43. The number of hydrogen-bond donors (Lipinski definition) is 0. The molecule has 0 unspecified atom stereocenters. The van der Waals surface area contributed by atoms with E-state index in [1.807, 2.05) is 29.6 Å². The summed E-state index contributed by atoms with van der Waals surface area (Å²) in [6.45, 7) is 2.75. The van der Waals surface area contributed by atoms with Crippen LogP contribution in [0.2, 0.25) is 0 Å². The Morgan fingerprint density at radius 2 is 2.21 bits per heavy atom. The maximum Gasteiger partial charge on any atom is 0.163 e. The van der Waals surface area contributed by atoms with Gasteiger partial charge < -0.3 is 4.74 Å². The number of carbonyl (C=O) groups is 1. The Kier molecular flexibility index (Phi) is 5.16. The summed E-state index contributed by atoms with van der Waals surface area (Å²) in [6, 6.07) is 9.53. The molecule has 100 valence electrons. The molecule has 1 heterocycles. The van der Waals surface area contributed by atoms with Crippen LogP contribution in [0.15, 0.2) is 41.1 Å². The highest BCUT2D eigenvalue weighted by Crippen LogP contribution is 2.16. The second-order valence-corrected chi connectivity index (χ2v) is 5.21. The van der Waals surface area contributed by atoms with Gasteiger partial charge in [-0.05, 0) is 47.4 Å². The van der Waals surface area contributed by atoms with Gasteiger partial charge in [-0.3, -0.25) is 4.79 Å². The summed E-state index contributed by atoms with van der Waals surface area (Å²) in [6.07, 6.45) is 2.33. The first-order valence-corrected chi connectivity index (χ1v) is 7.51. The predicted octanol–water partition coefficient (Wildman–Crippen LogP) is 4.35. The zero-order valence-electron chi connectivity index (χ0n) is 11.1. The fourth-order valence-corrected chi connectivity index (χ4v) is 2.52. The number of benzene rings is 1. The summed E-state index contributed by atoms with van der Waals surface area (Å²) in [5, 5.41) is 4.13. The van der Waals surface area contributed by atoms with E-state index >= 15 is 0 Å². The van der Waals surface area contributed by atoms with Gasteiger partial charge in [-0.2, -0.15) is 11.3 Å². The van der Waals surface area contributed by atoms with Crippen molar-refractivity contribution in [3.8, 4) is 5.75 Å². The standard InChI is InChI=1S/C16H18O2S/c1-2-9-18-15-5-3-4-14(11-15)16(17)7-6-13-8-10-19-12-13/h3-5,8,10-12H,2,6-7,9H2,1H3. The van der Waals surface area contributed by atoms with Gasteiger partial charge >= 0.3 is 0 Å². The summed E-state index contributed by atoms with van der Waals surface area (Å²) in [5.41, 5.74) is 1.97. The normalized spacial score (nSPS) is 10.4. The van der Waals surface area contributed by atoms with Crippen LogP contribution in [0.4, 0.5) is 0 Å². The zero-order chi connectivity index (χ0) is 13.5. The summed E-state index contributed by atoms with van der Waals surface area (Å²) >= 11 is 1.67. The van der Waals surface area contributed by atoms with E-state index in [9.17, 15) is 4.79 Å². The van der Waals surface area contributed by atoms with Crippen molar-refractivity contribution in [3.63, 3.8) is 0 Å². The molecule has 0 saturated heterocycles. The smallest absolute Gasteiger partial charge is 0.163 e. The molecule has 19 heavy (non-hydrogen) atoms. The van der Waals surface area contributed by atoms with E-state index in [-0.39, 0.29) is 5.78 Å². The first-order chi connectivity index (χ1) is 9.29. The van der Waals surface area contributed by atoms with Crippen molar-refractivity contribution in [3.05, 3.63) is 52.2 Å². The summed E-state index contributed by atoms with van der Waals surface area (Å²) < 4.78 is 5.55. The van der Waals surface area contributed by atoms with Crippen molar-refractivity contribution in [2.75, 3.05) is 6.61 Å². The first kappa shape index (κ1) is 13.8. The number of carbonyl (C=O) groups excluding carboxylic acids is 1. The van der Waals surface area contributed by atoms with Gasteiger partial charge in [0.1, 0.15) is 5.75 Å². The van der Waals surface area contributed by atoms with Gasteiger partial charge in [0.05, 0.1) is 6.61 Å². The van der Waals surface area contributed by atoms with Gasteiger partial charge in [-0.15, -0.1) is 0 Å². The van der Waals surface area contributed by atoms with Crippen LogP contribution < -0.4 is 4.74 Å². The van der Waals surface area contributed by atoms with Gasteiger partial charge in [0, 0.05) is 12.0 Å². The van der Waals surface area contributed by atoms with E-state index in [1.165, 1.54) is 5.56 Å². The summed E-state index contributed by atoms with van der Waals surface area (Å²) in [5.74, 6) is 0.955. The fraction of sp³-hybridized carbons (Fsp3) is 0.312. The number of aryl methyl sites for hydroxylation is 1. The molecule has 0 bridgehead atoms. The molecule has 0 fully saturated rings. The predicted molar refractivity (Wildman–Crippen MR) is 79.2 cm³/mol. The number of ether oxygens (including phenoxy) is 1. The third-order valence-electron chi connectivity index (χ3n) is 2.85. The van der Waals surface area contributed by atoms with Crippen LogP contribution in [0.5, 0.6) is 5.75 Å². The summed E-state index contributed by atoms with van der Waals surface area (Å²) in [7, 11) is 0. The van der Waals surface area contributed by atoms with Gasteiger partial charge in [-0.1, -0.05) is 19.1 Å². The minimum absolute atomic E-state index is 0.174. The lowest BCUT2D eigenvalue weighted by atomic mass is 10.0. The third kappa shape index (κ3) is 4.21. The molecule has 2 rings (SSSR count). The average molecular weight is 274 g/mol. The lowest BCUT2D eigenvalue weighted by molar-refractivity contribution is 0.0982. The van der Waals surface area contributed by atoms with Gasteiger partial charge in [0.15, 0.2) is 5.78 Å². The molecule has 0 aliphatic carbocycles. The molecule has 2 nitrogen and oxygen atoms in total. The number of hydrogen-bond acceptors (Lipinski definition) is 3. The number of rotatable bonds is 7. The minimum atomic E-state index is 0.174. The molecular formula is C16H18O2S. The van der Waals surface area contributed by atoms with E-state index in [0.29, 0.717) is 13.0 Å². The zero-order valence-corrected chi connectivity index (χ0v) is 11.9. The van der Waals surface area contributed by atoms with E-state index in [2.05, 4.69) is 18.4 Å². The molecule has 0 spiro atoms. The molecule has 0 aliphatic heterocycles.